The van der Waals surface area contributed by atoms with E-state index in [1.807, 2.05) is 6.92 Å². The Bertz CT molecular complexity index is 810. The van der Waals surface area contributed by atoms with Gasteiger partial charge >= 0.3 is 0 Å². The third-order valence-electron chi connectivity index (χ3n) is 3.12. The van der Waals surface area contributed by atoms with Crippen LogP contribution >= 0.6 is 0 Å². The molecule has 128 valence electrons. The number of non-ortho nitro benzene ring substituents is 1. The van der Waals surface area contributed by atoms with Crippen molar-refractivity contribution in [3.05, 3.63) is 82.4 Å². The molecule has 1 N–H and O–H groups in total. The average Bonchev–Trinajstić information content (AvgIpc) is 2.59. The van der Waals surface area contributed by atoms with Crippen LogP contribution in [0.15, 0.2) is 66.8 Å². The van der Waals surface area contributed by atoms with Crippen LogP contribution in [0.3, 0.4) is 0 Å². The smallest absolute Gasteiger partial charge is 0.270 e. The van der Waals surface area contributed by atoms with Crippen LogP contribution in [-0.2, 0) is 4.79 Å². The Labute approximate surface area is 145 Å². The minimum atomic E-state index is -0.477. The molecule has 0 aliphatic rings. The van der Waals surface area contributed by atoms with E-state index in [1.165, 1.54) is 24.3 Å². The summed E-state index contributed by atoms with van der Waals surface area (Å²) in [4.78, 5) is 22.2. The van der Waals surface area contributed by atoms with Crippen LogP contribution in [0, 0.1) is 10.1 Å². The van der Waals surface area contributed by atoms with Gasteiger partial charge in [0.1, 0.15) is 12.4 Å². The lowest BCUT2D eigenvalue weighted by Gasteiger charge is -2.07. The maximum Gasteiger partial charge on any atom is 0.270 e. The lowest BCUT2D eigenvalue weighted by Crippen LogP contribution is -2.07. The van der Waals surface area contributed by atoms with Gasteiger partial charge in [-0.1, -0.05) is 18.7 Å². The molecule has 2 rings (SSSR count). The van der Waals surface area contributed by atoms with E-state index in [2.05, 4.69) is 11.9 Å². The van der Waals surface area contributed by atoms with Gasteiger partial charge in [0.2, 0.25) is 5.91 Å². The first kappa shape index (κ1) is 17.9. The maximum absolute atomic E-state index is 11.9. The summed E-state index contributed by atoms with van der Waals surface area (Å²) in [5.41, 5.74) is 2.10. The van der Waals surface area contributed by atoms with Gasteiger partial charge in [0.05, 0.1) is 4.92 Å². The molecule has 0 aliphatic carbocycles. The van der Waals surface area contributed by atoms with Crippen molar-refractivity contribution in [2.24, 2.45) is 0 Å². The molecular weight excluding hydrogens is 320 g/mol. The highest BCUT2D eigenvalue weighted by atomic mass is 16.6. The Kier molecular flexibility index (Phi) is 6.06. The normalized spacial score (nSPS) is 10.4. The van der Waals surface area contributed by atoms with Crippen LogP contribution in [0.5, 0.6) is 5.75 Å². The van der Waals surface area contributed by atoms with Crippen LogP contribution in [0.1, 0.15) is 12.5 Å². The van der Waals surface area contributed by atoms with E-state index < -0.39 is 4.92 Å². The van der Waals surface area contributed by atoms with Crippen LogP contribution in [0.2, 0.25) is 0 Å². The van der Waals surface area contributed by atoms with Crippen LogP contribution in [0.25, 0.3) is 6.08 Å². The van der Waals surface area contributed by atoms with Gasteiger partial charge < -0.3 is 10.1 Å². The molecule has 0 spiro atoms. The van der Waals surface area contributed by atoms with E-state index in [-0.39, 0.29) is 11.6 Å². The molecule has 6 nitrogen and oxygen atoms in total. The largest absolute Gasteiger partial charge is 0.489 e. The third-order valence-corrected chi connectivity index (χ3v) is 3.12. The molecule has 0 unspecified atom stereocenters. The zero-order valence-electron chi connectivity index (χ0n) is 13.8. The molecule has 0 fully saturated rings. The zero-order valence-corrected chi connectivity index (χ0v) is 13.8. The lowest BCUT2D eigenvalue weighted by atomic mass is 10.2. The minimum absolute atomic E-state index is 0.0205. The number of nitro benzene ring substituents is 1. The molecule has 0 radical (unpaired) electrons. The number of anilines is 1. The second-order valence-electron chi connectivity index (χ2n) is 5.44. The van der Waals surface area contributed by atoms with Crippen molar-refractivity contribution >= 4 is 23.4 Å². The van der Waals surface area contributed by atoms with Gasteiger partial charge in [0.25, 0.3) is 5.69 Å². The first-order chi connectivity index (χ1) is 11.9. The number of hydrogen-bond acceptors (Lipinski definition) is 4. The van der Waals surface area contributed by atoms with Gasteiger partial charge in [-0.05, 0) is 48.4 Å². The first-order valence-corrected chi connectivity index (χ1v) is 7.55. The predicted octanol–water partition coefficient (Wildman–Crippen LogP) is 4.20. The molecule has 0 bridgehead atoms. The van der Waals surface area contributed by atoms with E-state index in [9.17, 15) is 14.9 Å². The molecule has 0 aliphatic heterocycles. The number of ether oxygens (including phenoxy) is 1. The van der Waals surface area contributed by atoms with E-state index in [0.717, 1.165) is 5.57 Å². The van der Waals surface area contributed by atoms with Crippen molar-refractivity contribution in [1.29, 1.82) is 0 Å². The molecule has 2 aromatic carbocycles. The third kappa shape index (κ3) is 5.95. The number of benzene rings is 2. The summed E-state index contributed by atoms with van der Waals surface area (Å²) in [6, 6.07) is 13.0. The number of nitrogens with one attached hydrogen (secondary N) is 1. The number of carbonyl (C=O) groups is 1. The number of nitrogens with zero attached hydrogens (tertiary/aromatic N) is 1. The number of nitro groups is 1. The second kappa shape index (κ2) is 8.44. The van der Waals surface area contributed by atoms with Gasteiger partial charge in [-0.2, -0.15) is 0 Å². The van der Waals surface area contributed by atoms with Crippen molar-refractivity contribution in [1.82, 2.24) is 0 Å². The van der Waals surface area contributed by atoms with Crippen LogP contribution < -0.4 is 10.1 Å². The number of hydrogen-bond donors (Lipinski definition) is 1. The molecule has 0 aromatic heterocycles. The summed E-state index contributed by atoms with van der Waals surface area (Å²) in [7, 11) is 0. The summed E-state index contributed by atoms with van der Waals surface area (Å²) in [6.45, 7) is 6.08. The molecule has 0 saturated heterocycles. The standard InChI is InChI=1S/C19H18N2O4/c1-14(2)13-25-18-9-7-16(8-10-18)20-19(22)11-6-15-4-3-5-17(12-15)21(23)24/h3-12H,1,13H2,2H3,(H,20,22)/b11-6+. The van der Waals surface area contributed by atoms with Crippen molar-refractivity contribution in [2.45, 2.75) is 6.92 Å². The zero-order chi connectivity index (χ0) is 18.2. The molecule has 25 heavy (non-hydrogen) atoms. The molecule has 0 saturated carbocycles. The van der Waals surface area contributed by atoms with Crippen LogP contribution in [-0.4, -0.2) is 17.4 Å². The van der Waals surface area contributed by atoms with E-state index >= 15 is 0 Å². The Morgan fingerprint density at radius 1 is 1.28 bits per heavy atom. The Hall–Kier alpha value is -3.41. The predicted molar refractivity (Wildman–Crippen MR) is 97.5 cm³/mol. The lowest BCUT2D eigenvalue weighted by molar-refractivity contribution is -0.384. The van der Waals surface area contributed by atoms with Crippen molar-refractivity contribution in [3.8, 4) is 5.75 Å². The quantitative estimate of drug-likeness (QED) is 0.355. The first-order valence-electron chi connectivity index (χ1n) is 7.55. The van der Waals surface area contributed by atoms with Gasteiger partial charge in [0.15, 0.2) is 0 Å². The van der Waals surface area contributed by atoms with E-state index in [1.54, 1.807) is 36.4 Å². The highest BCUT2D eigenvalue weighted by Crippen LogP contribution is 2.17. The number of carbonyl (C=O) groups excluding carboxylic acids is 1. The van der Waals surface area contributed by atoms with Gasteiger partial charge in [-0.3, -0.25) is 14.9 Å². The fraction of sp³-hybridized carbons (Fsp3) is 0.105. The SMILES string of the molecule is C=C(C)COc1ccc(NC(=O)/C=C/c2cccc([N+](=O)[O-])c2)cc1. The fourth-order valence-corrected chi connectivity index (χ4v) is 1.94. The van der Waals surface area contributed by atoms with Crippen molar-refractivity contribution in [3.63, 3.8) is 0 Å². The molecule has 0 atom stereocenters. The van der Waals surface area contributed by atoms with E-state index in [4.69, 9.17) is 4.74 Å². The Morgan fingerprint density at radius 3 is 2.64 bits per heavy atom. The second-order valence-corrected chi connectivity index (χ2v) is 5.44. The summed E-state index contributed by atoms with van der Waals surface area (Å²) >= 11 is 0. The summed E-state index contributed by atoms with van der Waals surface area (Å²) in [5, 5.41) is 13.4. The number of amides is 1. The monoisotopic (exact) mass is 338 g/mol. The maximum atomic E-state index is 11.9. The number of rotatable bonds is 7. The highest BCUT2D eigenvalue weighted by Gasteiger charge is 2.04. The molecular formula is C19H18N2O4. The van der Waals surface area contributed by atoms with Gasteiger partial charge in [-0.25, -0.2) is 0 Å². The molecule has 0 heterocycles. The Morgan fingerprint density at radius 2 is 2.00 bits per heavy atom. The summed E-state index contributed by atoms with van der Waals surface area (Å²) < 4.78 is 5.48. The minimum Gasteiger partial charge on any atom is -0.489 e. The van der Waals surface area contributed by atoms with E-state index in [0.29, 0.717) is 23.6 Å². The summed E-state index contributed by atoms with van der Waals surface area (Å²) in [5.74, 6) is 0.357. The average molecular weight is 338 g/mol. The Balaban J connectivity index is 1.94. The fourth-order valence-electron chi connectivity index (χ4n) is 1.94. The molecule has 6 heteroatoms. The topological polar surface area (TPSA) is 81.5 Å². The highest BCUT2D eigenvalue weighted by molar-refractivity contribution is 6.01. The molecule has 2 aromatic rings. The van der Waals surface area contributed by atoms with Crippen molar-refractivity contribution in [2.75, 3.05) is 11.9 Å². The summed E-state index contributed by atoms with van der Waals surface area (Å²) in [6.07, 6.45) is 2.84. The van der Waals surface area contributed by atoms with Gasteiger partial charge in [-0.15, -0.1) is 0 Å². The van der Waals surface area contributed by atoms with Crippen molar-refractivity contribution < 1.29 is 14.5 Å². The van der Waals surface area contributed by atoms with Crippen LogP contribution in [0.4, 0.5) is 11.4 Å². The van der Waals surface area contributed by atoms with Gasteiger partial charge in [0, 0.05) is 23.9 Å². The molecule has 1 amide bonds.